The Morgan fingerprint density at radius 3 is 1.56 bits per heavy atom. The van der Waals surface area contributed by atoms with E-state index in [-0.39, 0.29) is 101 Å². The zero-order valence-electron chi connectivity index (χ0n) is 76.5. The summed E-state index contributed by atoms with van der Waals surface area (Å²) in [6.07, 6.45) is -0.204. The first kappa shape index (κ1) is 105. The van der Waals surface area contributed by atoms with Gasteiger partial charge in [0.05, 0.1) is 18.9 Å². The van der Waals surface area contributed by atoms with E-state index in [0.717, 1.165) is 14.7 Å². The van der Waals surface area contributed by atoms with Crippen LogP contribution in [0.15, 0.2) is 152 Å². The summed E-state index contributed by atoms with van der Waals surface area (Å²) in [5.74, 6) is -22.5. The number of hydrogen-bond donors (Lipinski definition) is 13. The summed E-state index contributed by atoms with van der Waals surface area (Å²) in [5.41, 5.74) is 7.80. The van der Waals surface area contributed by atoms with Crippen LogP contribution in [0.2, 0.25) is 0 Å². The molecule has 37 nitrogen and oxygen atoms in total. The molecule has 4 heterocycles. The summed E-state index contributed by atoms with van der Waals surface area (Å²) in [6, 6.07) is 14.8. The molecule has 0 radical (unpaired) electrons. The average molecular weight is 1920 g/mol. The minimum Gasteiger partial charge on any atom is -0.508 e. The van der Waals surface area contributed by atoms with Gasteiger partial charge in [0.15, 0.2) is 17.5 Å². The molecule has 3 saturated heterocycles. The second-order valence-electron chi connectivity index (χ2n) is 34.3. The molecule has 41 heteroatoms. The number of primary amides is 1. The second kappa shape index (κ2) is 50.2. The molecule has 0 bridgehead atoms. The van der Waals surface area contributed by atoms with Crippen molar-refractivity contribution in [2.75, 3.05) is 65.5 Å². The maximum Gasteiger partial charge on any atom is 0.293 e. The number of amides is 15. The van der Waals surface area contributed by atoms with Gasteiger partial charge in [0.2, 0.25) is 88.6 Å². The van der Waals surface area contributed by atoms with Crippen molar-refractivity contribution in [3.63, 3.8) is 0 Å². The number of unbranched alkanes of at least 4 members (excludes halogenated alkanes) is 1. The number of aromatic amines is 1. The first-order valence-corrected chi connectivity index (χ1v) is 46.1. The molecule has 1 aromatic heterocycles. The molecule has 732 valence electrons. The monoisotopic (exact) mass is 1920 g/mol. The quantitative estimate of drug-likeness (QED) is 0.0209. The lowest BCUT2D eigenvalue weighted by Gasteiger charge is -2.38. The van der Waals surface area contributed by atoms with E-state index >= 15 is 51.9 Å². The third kappa shape index (κ3) is 28.8. The number of nitrogens with one attached hydrogen (secondary N) is 10. The van der Waals surface area contributed by atoms with Crippen molar-refractivity contribution in [1.82, 2.24) is 77.3 Å². The number of carbonyl (C=O) groups is 17. The van der Waals surface area contributed by atoms with Crippen LogP contribution in [0.4, 0.5) is 13.2 Å². The maximum absolute atomic E-state index is 15.8. The lowest BCUT2D eigenvalue weighted by molar-refractivity contribution is -0.152. The van der Waals surface area contributed by atoms with Gasteiger partial charge in [-0.2, -0.15) is 0 Å². The van der Waals surface area contributed by atoms with E-state index < -0.39 is 241 Å². The number of nitrogens with zero attached hydrogens (tertiary/aromatic N) is 5. The van der Waals surface area contributed by atoms with Gasteiger partial charge in [0, 0.05) is 102 Å². The molecule has 14 N–H and O–H groups in total. The van der Waals surface area contributed by atoms with Crippen LogP contribution < -0.4 is 53.6 Å². The van der Waals surface area contributed by atoms with Crippen molar-refractivity contribution >= 4 is 124 Å². The highest BCUT2D eigenvalue weighted by molar-refractivity contribution is 8.00. The molecule has 0 spiro atoms. The maximum atomic E-state index is 15.8. The summed E-state index contributed by atoms with van der Waals surface area (Å²) in [4.78, 5) is 258. The number of phenolic OH excluding ortho intramolecular Hbond substituents is 2. The minimum absolute atomic E-state index is 0.0115. The van der Waals surface area contributed by atoms with E-state index in [2.05, 4.69) is 52.8 Å². The molecule has 10 rings (SSSR count). The predicted octanol–water partition coefficient (Wildman–Crippen LogP) is 2.02. The number of H-pyrrole nitrogens is 1. The number of nitrogens with two attached hydrogens (primary N) is 1. The number of aromatic nitrogens is 1. The van der Waals surface area contributed by atoms with Crippen LogP contribution in [0, 0.1) is 23.4 Å². The van der Waals surface area contributed by atoms with Crippen molar-refractivity contribution in [3.05, 3.63) is 203 Å². The first-order valence-electron chi connectivity index (χ1n) is 45.0. The Balaban J connectivity index is 1.06. The summed E-state index contributed by atoms with van der Waals surface area (Å²) in [7, 11) is 3.78. The van der Waals surface area contributed by atoms with E-state index in [1.54, 1.807) is 105 Å². The fraction of sp³-hybridized carbons (Fsp3) is 0.427. The molecule has 3 aliphatic heterocycles. The summed E-state index contributed by atoms with van der Waals surface area (Å²) >= 11 is 0.620. The first-order chi connectivity index (χ1) is 65.6. The predicted molar refractivity (Wildman–Crippen MR) is 493 cm³/mol. The third-order valence-electron chi connectivity index (χ3n) is 24.2. The molecule has 6 aromatic carbocycles. The number of ether oxygens (including phenoxy) is 2. The molecule has 137 heavy (non-hydrogen) atoms. The molecule has 15 amide bonds. The fourth-order valence-corrected chi connectivity index (χ4v) is 17.6. The number of hydrogen-bond acceptors (Lipinski definition) is 22. The Kier molecular flexibility index (Phi) is 38.4. The van der Waals surface area contributed by atoms with Gasteiger partial charge in [0.25, 0.3) is 12.9 Å². The SMILES string of the molecule is CCCC[C@H]1C(=O)N2CCC[C@@H]2C(=O)N[C@@H](COC=O)C(=O)N[C@@H](C(C)C)C(=O)N(C)[C@@H](Cc2ccccc2)C(=O)N[C@@H](Cc2ccc(O)cc2)C(=O)N2CCC[C@@H]2C(=O)N[C@@H](Cc2c[nH]c3ccccc23)C(=O)N[C@@H](Cc2ccc(O)cc2)C(=O)N[C@@H](CCOC=O)C(=O)N[C@H](C(=O)NCC(N)=O)CSCC(=O)N[C@@H](Cc2cc(F)c(F)c(F)c2)C(=O)N(C)[C@@H](Cc2ccccc2)C(=O)N1C. The van der Waals surface area contributed by atoms with E-state index in [9.17, 15) is 53.0 Å². The number of likely N-dealkylation sites (N-methyl/N-ethyl adjacent to an activating group) is 3. The van der Waals surface area contributed by atoms with Crippen LogP contribution in [-0.4, -0.2) is 285 Å². The summed E-state index contributed by atoms with van der Waals surface area (Å²) < 4.78 is 55.2. The molecule has 0 saturated carbocycles. The number of aromatic hydroxyl groups is 2. The van der Waals surface area contributed by atoms with Gasteiger partial charge in [0.1, 0.15) is 96.6 Å². The van der Waals surface area contributed by atoms with Crippen LogP contribution in [0.1, 0.15) is 106 Å². The third-order valence-corrected chi connectivity index (χ3v) is 25.3. The average Bonchev–Trinajstić information content (AvgIpc) is 1.79. The topological polar surface area (TPSA) is 515 Å². The zero-order valence-corrected chi connectivity index (χ0v) is 77.3. The number of benzene rings is 6. The molecule has 7 aromatic rings. The number of thioether (sulfide) groups is 1. The van der Waals surface area contributed by atoms with E-state index in [0.29, 0.717) is 75.5 Å². The molecule has 3 fully saturated rings. The van der Waals surface area contributed by atoms with E-state index in [1.807, 2.05) is 6.92 Å². The van der Waals surface area contributed by atoms with Crippen molar-refractivity contribution in [1.29, 1.82) is 0 Å². The highest BCUT2D eigenvalue weighted by Gasteiger charge is 2.47. The van der Waals surface area contributed by atoms with Crippen molar-refractivity contribution in [2.45, 2.75) is 189 Å². The van der Waals surface area contributed by atoms with Gasteiger partial charge < -0.3 is 103 Å². The molecule has 0 unspecified atom stereocenters. The Bertz CT molecular complexity index is 5450. The van der Waals surface area contributed by atoms with Gasteiger partial charge in [-0.1, -0.05) is 137 Å². The Hall–Kier alpha value is -14.4. The van der Waals surface area contributed by atoms with Crippen molar-refractivity contribution in [2.24, 2.45) is 11.7 Å². The lowest BCUT2D eigenvalue weighted by atomic mass is 9.98. The van der Waals surface area contributed by atoms with Crippen LogP contribution >= 0.6 is 11.8 Å². The van der Waals surface area contributed by atoms with Gasteiger partial charge in [-0.25, -0.2) is 13.2 Å². The zero-order chi connectivity index (χ0) is 99.3. The summed E-state index contributed by atoms with van der Waals surface area (Å²) in [6.45, 7) is 2.62. The second-order valence-corrected chi connectivity index (χ2v) is 35.3. The highest BCUT2D eigenvalue weighted by Crippen LogP contribution is 2.29. The van der Waals surface area contributed by atoms with Gasteiger partial charge in [-0.15, -0.1) is 11.8 Å². The number of fused-ring (bicyclic) bond motifs is 3. The molecule has 0 aliphatic carbocycles. The molecule has 13 atom stereocenters. The van der Waals surface area contributed by atoms with Gasteiger partial charge in [-0.3, -0.25) is 81.5 Å². The fourth-order valence-electron chi connectivity index (χ4n) is 16.7. The van der Waals surface area contributed by atoms with Crippen LogP contribution in [0.25, 0.3) is 10.9 Å². The Morgan fingerprint density at radius 1 is 0.504 bits per heavy atom. The Labute approximate surface area is 792 Å². The van der Waals surface area contributed by atoms with Crippen molar-refractivity contribution < 1.29 is 114 Å². The molecule has 3 aliphatic rings. The molecular formula is C96H115F3N16O21S. The van der Waals surface area contributed by atoms with Gasteiger partial charge >= 0.3 is 0 Å². The number of para-hydroxylation sites is 1. The van der Waals surface area contributed by atoms with Crippen molar-refractivity contribution in [3.8, 4) is 11.5 Å². The number of carbonyl (C=O) groups excluding carboxylic acids is 17. The van der Waals surface area contributed by atoms with Crippen LogP contribution in [-0.2, 0) is 130 Å². The van der Waals surface area contributed by atoms with Crippen LogP contribution in [0.5, 0.6) is 11.5 Å². The van der Waals surface area contributed by atoms with E-state index in [1.165, 1.54) is 79.5 Å². The lowest BCUT2D eigenvalue weighted by Crippen LogP contribution is -2.62. The largest absolute Gasteiger partial charge is 0.508 e. The minimum atomic E-state index is -1.90. The Morgan fingerprint density at radius 2 is 0.985 bits per heavy atom. The van der Waals surface area contributed by atoms with Crippen LogP contribution in [0.3, 0.4) is 0 Å². The summed E-state index contributed by atoms with van der Waals surface area (Å²) in [5, 5.41) is 45.0. The number of halogens is 3. The standard InChI is InChI=1S/C96H115F3N16O21S/c1-7-8-25-77-95(133)115-38-18-27-76(115)90(128)108-73(50-136-54-117)88(126)110-83(55(2)3)96(134)112(5)78(45-56-19-11-9-12-20-56)91(129)107-72(43-59-30-34-63(119)35-31-59)93(131)114-37-17-26-75(114)89(127)106-70(47-61-48-101-67-24-16-15-23-64(61)67)87(125)105-69(42-58-28-32-62(118)33-29-58)86(124)104-68(36-39-135-53-116)85(123)109-74(84(122)102-49-80(100)120)51-137-52-81(121)103-71(44-60-40-65(97)82(99)66(98)41-60)92(130)113(6)79(94(132)111(77)4)46-57-21-13-10-14-22-57/h9-16,19-24,28-35,40-41,48,53-55,68-79,83,101,118-119H,7-8,17-18,25-27,36-39,42-47,49-52H2,1-6H3,(H2,100,120)(H,102,122)(H,103,121)(H,104,124)(H,105,125)(H,106,127)(H,107,129)(H,108,128)(H,109,123)(H,110,126)/t68-,69-,70-,71-,72-,73-,74-,75+,76+,77-,78-,79-,83-/m0/s1. The highest BCUT2D eigenvalue weighted by atomic mass is 32.2. The van der Waals surface area contributed by atoms with E-state index in [4.69, 9.17) is 15.2 Å². The number of rotatable bonds is 26. The smallest absolute Gasteiger partial charge is 0.293 e. The molecular weight excluding hydrogens is 1800 g/mol. The van der Waals surface area contributed by atoms with Gasteiger partial charge in [-0.05, 0) is 114 Å². The number of phenols is 2. The normalized spacial score (nSPS) is 23.1.